The van der Waals surface area contributed by atoms with Crippen LogP contribution in [0.2, 0.25) is 0 Å². The molecule has 2 saturated heterocycles. The largest absolute Gasteiger partial charge is 0.465 e. The summed E-state index contributed by atoms with van der Waals surface area (Å²) in [7, 11) is 0. The van der Waals surface area contributed by atoms with Gasteiger partial charge in [-0.25, -0.2) is 9.78 Å². The van der Waals surface area contributed by atoms with Crippen molar-refractivity contribution in [1.29, 1.82) is 0 Å². The van der Waals surface area contributed by atoms with Crippen LogP contribution in [-0.4, -0.2) is 57.7 Å². The van der Waals surface area contributed by atoms with E-state index in [0.29, 0.717) is 12.1 Å². The SMILES string of the molecule is CC(C)(C)C1N(C(=O)O)CC12CCN(c1ncc(C(N)=O)c3[nH]c4ccccc4c13)CC2. The van der Waals surface area contributed by atoms with Gasteiger partial charge < -0.3 is 25.6 Å². The molecule has 1 atom stereocenters. The molecule has 168 valence electrons. The number of nitrogens with two attached hydrogens (primary N) is 1. The molecule has 2 amide bonds. The van der Waals surface area contributed by atoms with Gasteiger partial charge in [0.05, 0.1) is 16.5 Å². The number of carboxylic acid groups (broad SMARTS) is 1. The zero-order chi connectivity index (χ0) is 22.8. The zero-order valence-corrected chi connectivity index (χ0v) is 18.7. The Morgan fingerprint density at radius 2 is 1.91 bits per heavy atom. The summed E-state index contributed by atoms with van der Waals surface area (Å²) in [6, 6.07) is 7.95. The highest BCUT2D eigenvalue weighted by molar-refractivity contribution is 6.18. The lowest BCUT2D eigenvalue weighted by Crippen LogP contribution is -2.72. The van der Waals surface area contributed by atoms with E-state index in [-0.39, 0.29) is 16.9 Å². The third-order valence-electron chi connectivity index (χ3n) is 7.28. The Bertz CT molecular complexity index is 1230. The Morgan fingerprint density at radius 1 is 1.22 bits per heavy atom. The van der Waals surface area contributed by atoms with Crippen molar-refractivity contribution in [2.24, 2.45) is 16.6 Å². The van der Waals surface area contributed by atoms with Crippen molar-refractivity contribution >= 4 is 39.6 Å². The molecule has 4 heterocycles. The maximum Gasteiger partial charge on any atom is 0.407 e. The first-order chi connectivity index (χ1) is 15.1. The summed E-state index contributed by atoms with van der Waals surface area (Å²) in [6.07, 6.45) is 2.54. The summed E-state index contributed by atoms with van der Waals surface area (Å²) in [5, 5.41) is 11.6. The van der Waals surface area contributed by atoms with Gasteiger partial charge in [0.1, 0.15) is 5.82 Å². The number of hydrogen-bond acceptors (Lipinski definition) is 4. The van der Waals surface area contributed by atoms with E-state index in [1.54, 1.807) is 11.1 Å². The number of aromatic nitrogens is 2. The minimum Gasteiger partial charge on any atom is -0.465 e. The van der Waals surface area contributed by atoms with Crippen molar-refractivity contribution in [1.82, 2.24) is 14.9 Å². The number of primary amides is 1. The standard InChI is InChI=1S/C24H29N5O3/c1-23(2,3)21-24(13-29(21)22(31)32)8-10-28(11-9-24)20-17-14-6-4-5-7-16(14)27-18(17)15(12-26-20)19(25)30/h4-7,12,21,27H,8-11,13H2,1-3H3,(H2,25,30)(H,31,32). The molecule has 2 aromatic heterocycles. The molecule has 2 aliphatic rings. The lowest BCUT2D eigenvalue weighted by molar-refractivity contribution is -0.119. The second kappa shape index (κ2) is 6.85. The molecular formula is C24H29N5O3. The number of nitrogens with one attached hydrogen (secondary N) is 1. The Balaban J connectivity index is 1.51. The topological polar surface area (TPSA) is 116 Å². The van der Waals surface area contributed by atoms with E-state index >= 15 is 0 Å². The first-order valence-electron chi connectivity index (χ1n) is 11.1. The molecule has 1 unspecified atom stereocenters. The van der Waals surface area contributed by atoms with Crippen molar-refractivity contribution in [3.8, 4) is 0 Å². The molecule has 0 bridgehead atoms. The van der Waals surface area contributed by atoms with E-state index in [1.165, 1.54) is 0 Å². The minimum absolute atomic E-state index is 0.000362. The van der Waals surface area contributed by atoms with Crippen LogP contribution < -0.4 is 10.6 Å². The third-order valence-corrected chi connectivity index (χ3v) is 7.28. The van der Waals surface area contributed by atoms with Gasteiger partial charge in [-0.3, -0.25) is 4.79 Å². The Labute approximate surface area is 186 Å². The van der Waals surface area contributed by atoms with Crippen LogP contribution >= 0.6 is 0 Å². The Morgan fingerprint density at radius 3 is 2.53 bits per heavy atom. The number of carbonyl (C=O) groups is 2. The van der Waals surface area contributed by atoms with E-state index in [9.17, 15) is 14.7 Å². The summed E-state index contributed by atoms with van der Waals surface area (Å²) < 4.78 is 0. The van der Waals surface area contributed by atoms with Gasteiger partial charge in [-0.1, -0.05) is 39.0 Å². The fourth-order valence-electron chi connectivity index (χ4n) is 6.15. The maximum absolute atomic E-state index is 12.0. The van der Waals surface area contributed by atoms with E-state index in [1.807, 2.05) is 24.3 Å². The molecule has 1 aromatic carbocycles. The molecule has 8 heteroatoms. The van der Waals surface area contributed by atoms with Gasteiger partial charge in [-0.15, -0.1) is 0 Å². The number of hydrogen-bond donors (Lipinski definition) is 3. The monoisotopic (exact) mass is 435 g/mol. The fraction of sp³-hybridized carbons (Fsp3) is 0.458. The van der Waals surface area contributed by atoms with Crippen LogP contribution in [0.3, 0.4) is 0 Å². The van der Waals surface area contributed by atoms with E-state index in [0.717, 1.165) is 53.6 Å². The number of nitrogens with zero attached hydrogens (tertiary/aromatic N) is 3. The van der Waals surface area contributed by atoms with Gasteiger partial charge in [-0.2, -0.15) is 0 Å². The molecule has 5 rings (SSSR count). The van der Waals surface area contributed by atoms with Crippen LogP contribution in [0, 0.1) is 10.8 Å². The minimum atomic E-state index is -0.831. The number of carbonyl (C=O) groups excluding carboxylic acids is 1. The van der Waals surface area contributed by atoms with Crippen molar-refractivity contribution in [3.63, 3.8) is 0 Å². The van der Waals surface area contributed by atoms with E-state index < -0.39 is 12.0 Å². The first kappa shape index (κ1) is 20.6. The Hall–Kier alpha value is -3.29. The summed E-state index contributed by atoms with van der Waals surface area (Å²) in [5.41, 5.74) is 7.55. The highest BCUT2D eigenvalue weighted by Crippen LogP contribution is 2.53. The predicted molar refractivity (Wildman–Crippen MR) is 124 cm³/mol. The van der Waals surface area contributed by atoms with Crippen molar-refractivity contribution in [2.75, 3.05) is 24.5 Å². The maximum atomic E-state index is 12.0. The van der Waals surface area contributed by atoms with Crippen LogP contribution in [0.5, 0.6) is 0 Å². The average molecular weight is 436 g/mol. The second-order valence-electron chi connectivity index (χ2n) is 10.3. The molecule has 2 fully saturated rings. The lowest BCUT2D eigenvalue weighted by Gasteiger charge is -2.63. The zero-order valence-electron chi connectivity index (χ0n) is 18.7. The normalized spacial score (nSPS) is 20.7. The number of H-pyrrole nitrogens is 1. The number of pyridine rings is 1. The number of piperidine rings is 1. The molecule has 3 aromatic rings. The number of anilines is 1. The third kappa shape index (κ3) is 2.92. The number of amides is 2. The molecule has 32 heavy (non-hydrogen) atoms. The number of likely N-dealkylation sites (tertiary alicyclic amines) is 1. The molecule has 2 aliphatic heterocycles. The molecule has 8 nitrogen and oxygen atoms in total. The van der Waals surface area contributed by atoms with Crippen LogP contribution in [0.1, 0.15) is 44.0 Å². The van der Waals surface area contributed by atoms with Gasteiger partial charge in [0.15, 0.2) is 0 Å². The van der Waals surface area contributed by atoms with Gasteiger partial charge in [0.2, 0.25) is 0 Å². The molecule has 1 spiro atoms. The second-order valence-corrected chi connectivity index (χ2v) is 10.3. The van der Waals surface area contributed by atoms with Crippen LogP contribution in [0.4, 0.5) is 10.6 Å². The summed E-state index contributed by atoms with van der Waals surface area (Å²) in [6.45, 7) is 8.55. The number of benzene rings is 1. The van der Waals surface area contributed by atoms with Crippen molar-refractivity contribution < 1.29 is 14.7 Å². The van der Waals surface area contributed by atoms with Crippen LogP contribution in [0.15, 0.2) is 30.5 Å². The van der Waals surface area contributed by atoms with E-state index in [2.05, 4.69) is 35.6 Å². The van der Waals surface area contributed by atoms with Crippen LogP contribution in [0.25, 0.3) is 21.8 Å². The predicted octanol–water partition coefficient (Wildman–Crippen LogP) is 3.81. The smallest absolute Gasteiger partial charge is 0.407 e. The number of fused-ring (bicyclic) bond motifs is 3. The molecular weight excluding hydrogens is 406 g/mol. The fourth-order valence-corrected chi connectivity index (χ4v) is 6.15. The summed E-state index contributed by atoms with van der Waals surface area (Å²) in [4.78, 5) is 35.7. The van der Waals surface area contributed by atoms with Gasteiger partial charge in [-0.05, 0) is 24.3 Å². The summed E-state index contributed by atoms with van der Waals surface area (Å²) >= 11 is 0. The number of aromatic amines is 1. The van der Waals surface area contributed by atoms with Crippen LogP contribution in [-0.2, 0) is 0 Å². The highest BCUT2D eigenvalue weighted by Gasteiger charge is 2.59. The number of para-hydroxylation sites is 1. The lowest BCUT2D eigenvalue weighted by atomic mass is 9.58. The molecule has 0 aliphatic carbocycles. The summed E-state index contributed by atoms with van der Waals surface area (Å²) in [5.74, 6) is 0.341. The molecule has 4 N–H and O–H groups in total. The van der Waals surface area contributed by atoms with Crippen molar-refractivity contribution in [3.05, 3.63) is 36.0 Å². The van der Waals surface area contributed by atoms with Gasteiger partial charge in [0, 0.05) is 48.2 Å². The quantitative estimate of drug-likeness (QED) is 0.566. The molecule has 0 saturated carbocycles. The van der Waals surface area contributed by atoms with Gasteiger partial charge in [0.25, 0.3) is 5.91 Å². The first-order valence-corrected chi connectivity index (χ1v) is 11.1. The Kier molecular flexibility index (Phi) is 4.41. The highest BCUT2D eigenvalue weighted by atomic mass is 16.4. The average Bonchev–Trinajstić information content (AvgIpc) is 3.10. The van der Waals surface area contributed by atoms with Crippen molar-refractivity contribution in [2.45, 2.75) is 39.7 Å². The number of rotatable bonds is 2. The van der Waals surface area contributed by atoms with E-state index in [4.69, 9.17) is 5.73 Å². The van der Waals surface area contributed by atoms with Gasteiger partial charge >= 0.3 is 6.09 Å². The molecule has 0 radical (unpaired) electrons.